The van der Waals surface area contributed by atoms with Crippen LogP contribution in [0.2, 0.25) is 0 Å². The summed E-state index contributed by atoms with van der Waals surface area (Å²) in [6.45, 7) is 4.47. The van der Waals surface area contributed by atoms with Gasteiger partial charge < -0.3 is 15.0 Å². The van der Waals surface area contributed by atoms with Crippen LogP contribution >= 0.6 is 0 Å². The molecule has 0 amide bonds. The molecule has 1 aromatic carbocycles. The van der Waals surface area contributed by atoms with Crippen LogP contribution in [-0.2, 0) is 0 Å². The van der Waals surface area contributed by atoms with Gasteiger partial charge in [0.15, 0.2) is 0 Å². The number of carbonyl (C=O) groups is 1. The Hall–Kier alpha value is -2.21. The Balaban J connectivity index is 2.37. The lowest BCUT2D eigenvalue weighted by atomic mass is 9.98. The molecule has 1 aliphatic rings. The van der Waals surface area contributed by atoms with E-state index in [1.54, 1.807) is 6.92 Å². The van der Waals surface area contributed by atoms with Crippen molar-refractivity contribution in [2.24, 2.45) is 0 Å². The number of halogens is 1. The van der Waals surface area contributed by atoms with Crippen molar-refractivity contribution in [1.82, 2.24) is 9.88 Å². The number of nitrogens with one attached hydrogen (secondary N) is 1. The Kier molecular flexibility index (Phi) is 4.41. The molecule has 1 aromatic heterocycles. The van der Waals surface area contributed by atoms with E-state index in [1.807, 2.05) is 6.92 Å². The second-order valence-electron chi connectivity index (χ2n) is 6.28. The van der Waals surface area contributed by atoms with Crippen molar-refractivity contribution < 1.29 is 14.3 Å². The van der Waals surface area contributed by atoms with E-state index in [4.69, 9.17) is 0 Å². The lowest BCUT2D eigenvalue weighted by molar-refractivity contribution is 0.0696. The molecule has 128 valence electrons. The molecule has 6 heteroatoms. The molecule has 1 aliphatic heterocycles. The van der Waals surface area contributed by atoms with Gasteiger partial charge in [0.05, 0.1) is 17.0 Å². The first-order valence-corrected chi connectivity index (χ1v) is 8.27. The van der Waals surface area contributed by atoms with Crippen molar-refractivity contribution in [2.45, 2.75) is 45.2 Å². The smallest absolute Gasteiger partial charge is 0.338 e. The van der Waals surface area contributed by atoms with Crippen LogP contribution < -0.4 is 10.9 Å². The molecule has 0 radical (unpaired) electrons. The van der Waals surface area contributed by atoms with Gasteiger partial charge in [0.2, 0.25) is 0 Å². The SMILES string of the molecule is CC[C@@H](C1CCCN1)n1c(C)c(C(=O)O)c2cccc(F)c2c1=O. The van der Waals surface area contributed by atoms with Gasteiger partial charge in [-0.05, 0) is 38.8 Å². The molecule has 1 fully saturated rings. The summed E-state index contributed by atoms with van der Waals surface area (Å²) in [4.78, 5) is 24.8. The number of hydrogen-bond acceptors (Lipinski definition) is 3. The van der Waals surface area contributed by atoms with Gasteiger partial charge >= 0.3 is 5.97 Å². The molecule has 2 atom stereocenters. The average Bonchev–Trinajstić information content (AvgIpc) is 3.05. The molecule has 24 heavy (non-hydrogen) atoms. The van der Waals surface area contributed by atoms with Crippen LogP contribution in [0.3, 0.4) is 0 Å². The number of aromatic nitrogens is 1. The van der Waals surface area contributed by atoms with Gasteiger partial charge in [0.25, 0.3) is 5.56 Å². The summed E-state index contributed by atoms with van der Waals surface area (Å²) < 4.78 is 15.8. The summed E-state index contributed by atoms with van der Waals surface area (Å²) in [7, 11) is 0. The fourth-order valence-electron chi connectivity index (χ4n) is 3.89. The minimum absolute atomic E-state index is 0.000506. The van der Waals surface area contributed by atoms with E-state index in [2.05, 4.69) is 5.32 Å². The van der Waals surface area contributed by atoms with E-state index in [-0.39, 0.29) is 28.4 Å². The number of aromatic carboxylic acids is 1. The van der Waals surface area contributed by atoms with Gasteiger partial charge in [-0.3, -0.25) is 4.79 Å². The Morgan fingerprint density at radius 1 is 1.50 bits per heavy atom. The van der Waals surface area contributed by atoms with Crippen LogP contribution in [0.25, 0.3) is 10.8 Å². The minimum atomic E-state index is -1.15. The molecule has 5 nitrogen and oxygen atoms in total. The summed E-state index contributed by atoms with van der Waals surface area (Å²) in [5.41, 5.74) is -0.0714. The third-order valence-electron chi connectivity index (χ3n) is 4.97. The zero-order valence-corrected chi connectivity index (χ0v) is 13.8. The van der Waals surface area contributed by atoms with Crippen molar-refractivity contribution in [2.75, 3.05) is 6.54 Å². The van der Waals surface area contributed by atoms with Crippen molar-refractivity contribution in [3.05, 3.63) is 45.6 Å². The molecule has 0 spiro atoms. The second-order valence-corrected chi connectivity index (χ2v) is 6.28. The number of hydrogen-bond donors (Lipinski definition) is 2. The zero-order chi connectivity index (χ0) is 17.4. The quantitative estimate of drug-likeness (QED) is 0.903. The maximum atomic E-state index is 14.3. The fourth-order valence-corrected chi connectivity index (χ4v) is 3.89. The number of carboxylic acids is 1. The average molecular weight is 332 g/mol. The second kappa shape index (κ2) is 6.36. The predicted octanol–water partition coefficient (Wildman–Crippen LogP) is 2.85. The van der Waals surface area contributed by atoms with Crippen molar-refractivity contribution in [3.8, 4) is 0 Å². The van der Waals surface area contributed by atoms with E-state index in [1.165, 1.54) is 22.8 Å². The van der Waals surface area contributed by atoms with Crippen LogP contribution in [-0.4, -0.2) is 28.2 Å². The Labute approximate surface area is 139 Å². The lowest BCUT2D eigenvalue weighted by Crippen LogP contribution is -2.39. The van der Waals surface area contributed by atoms with Gasteiger partial charge in [-0.2, -0.15) is 0 Å². The first kappa shape index (κ1) is 16.6. The topological polar surface area (TPSA) is 71.3 Å². The number of rotatable bonds is 4. The van der Waals surface area contributed by atoms with Crippen LogP contribution in [0.4, 0.5) is 4.39 Å². The number of pyridine rings is 1. The number of carboxylic acid groups (broad SMARTS) is 1. The molecule has 1 saturated heterocycles. The molecular weight excluding hydrogens is 311 g/mol. The van der Waals surface area contributed by atoms with E-state index in [9.17, 15) is 19.1 Å². The number of fused-ring (bicyclic) bond motifs is 1. The van der Waals surface area contributed by atoms with E-state index < -0.39 is 17.3 Å². The standard InChI is InChI=1S/C18H21FN2O3/c1-3-14(13-8-5-9-20-13)21-10(2)15(18(23)24)11-6-4-7-12(19)16(11)17(21)22/h4,6-7,13-14,20H,3,5,8-9H2,1-2H3,(H,23,24)/t13?,14-/m0/s1. The van der Waals surface area contributed by atoms with E-state index in [0.29, 0.717) is 12.1 Å². The van der Waals surface area contributed by atoms with Crippen LogP contribution in [0.5, 0.6) is 0 Å². The summed E-state index contributed by atoms with van der Waals surface area (Å²) in [5, 5.41) is 13.0. The lowest BCUT2D eigenvalue weighted by Gasteiger charge is -2.28. The molecule has 0 saturated carbocycles. The molecular formula is C18H21FN2O3. The summed E-state index contributed by atoms with van der Waals surface area (Å²) in [6, 6.07) is 4.03. The summed E-state index contributed by atoms with van der Waals surface area (Å²) in [5.74, 6) is -1.82. The third-order valence-corrected chi connectivity index (χ3v) is 4.97. The first-order chi connectivity index (χ1) is 11.5. The zero-order valence-electron chi connectivity index (χ0n) is 13.8. The summed E-state index contributed by atoms with van der Waals surface area (Å²) in [6.07, 6.45) is 2.60. The van der Waals surface area contributed by atoms with Crippen LogP contribution in [0.1, 0.15) is 48.3 Å². The molecule has 2 heterocycles. The summed E-state index contributed by atoms with van der Waals surface area (Å²) >= 11 is 0. The maximum absolute atomic E-state index is 14.3. The van der Waals surface area contributed by atoms with Crippen molar-refractivity contribution in [3.63, 3.8) is 0 Å². The number of benzene rings is 1. The highest BCUT2D eigenvalue weighted by Crippen LogP contribution is 2.28. The molecule has 0 bridgehead atoms. The van der Waals surface area contributed by atoms with Gasteiger partial charge in [-0.1, -0.05) is 19.1 Å². The normalized spacial score (nSPS) is 18.9. The highest BCUT2D eigenvalue weighted by Gasteiger charge is 2.29. The number of nitrogens with zero attached hydrogens (tertiary/aromatic N) is 1. The third kappa shape index (κ3) is 2.51. The Morgan fingerprint density at radius 3 is 2.83 bits per heavy atom. The first-order valence-electron chi connectivity index (χ1n) is 8.27. The van der Waals surface area contributed by atoms with Crippen LogP contribution in [0, 0.1) is 12.7 Å². The minimum Gasteiger partial charge on any atom is -0.478 e. The molecule has 2 aromatic rings. The predicted molar refractivity (Wildman–Crippen MR) is 90.2 cm³/mol. The fraction of sp³-hybridized carbons (Fsp3) is 0.444. The monoisotopic (exact) mass is 332 g/mol. The van der Waals surface area contributed by atoms with Crippen molar-refractivity contribution in [1.29, 1.82) is 0 Å². The molecule has 1 unspecified atom stereocenters. The molecule has 3 rings (SSSR count). The van der Waals surface area contributed by atoms with Gasteiger partial charge in [0.1, 0.15) is 5.82 Å². The van der Waals surface area contributed by atoms with E-state index >= 15 is 0 Å². The molecule has 0 aliphatic carbocycles. The Morgan fingerprint density at radius 2 is 2.25 bits per heavy atom. The maximum Gasteiger partial charge on any atom is 0.338 e. The van der Waals surface area contributed by atoms with Gasteiger partial charge in [0, 0.05) is 17.1 Å². The highest BCUT2D eigenvalue weighted by molar-refractivity contribution is 6.04. The van der Waals surface area contributed by atoms with Gasteiger partial charge in [-0.15, -0.1) is 0 Å². The highest BCUT2D eigenvalue weighted by atomic mass is 19.1. The largest absolute Gasteiger partial charge is 0.478 e. The Bertz CT molecular complexity index is 853. The molecule has 2 N–H and O–H groups in total. The van der Waals surface area contributed by atoms with E-state index in [0.717, 1.165) is 19.4 Å². The van der Waals surface area contributed by atoms with Crippen molar-refractivity contribution >= 4 is 16.7 Å². The van der Waals surface area contributed by atoms with Crippen LogP contribution in [0.15, 0.2) is 23.0 Å². The van der Waals surface area contributed by atoms with Gasteiger partial charge in [-0.25, -0.2) is 9.18 Å².